The smallest absolute Gasteiger partial charge is 0.289 e. The number of halogens is 1. The first-order valence-corrected chi connectivity index (χ1v) is 9.70. The van der Waals surface area contributed by atoms with Crippen LogP contribution in [0.3, 0.4) is 0 Å². The molecule has 1 aromatic carbocycles. The van der Waals surface area contributed by atoms with Crippen LogP contribution in [0.4, 0.5) is 4.39 Å². The largest absolute Gasteiger partial charge is 0.459 e. The highest BCUT2D eigenvalue weighted by Gasteiger charge is 2.25. The Bertz CT molecular complexity index is 829. The van der Waals surface area contributed by atoms with E-state index in [1.165, 1.54) is 12.3 Å². The first kappa shape index (κ1) is 20.9. The molecule has 0 saturated carbocycles. The van der Waals surface area contributed by atoms with Crippen molar-refractivity contribution in [3.05, 3.63) is 59.8 Å². The number of guanidine groups is 1. The fraction of sp³-hybridized carbons (Fsp3) is 0.429. The maximum atomic E-state index is 13.6. The second-order valence-corrected chi connectivity index (χ2v) is 7.22. The van der Waals surface area contributed by atoms with E-state index in [1.54, 1.807) is 36.2 Å². The molecule has 7 nitrogen and oxygen atoms in total. The van der Waals surface area contributed by atoms with Gasteiger partial charge in [0.05, 0.1) is 12.3 Å². The Morgan fingerprint density at radius 2 is 1.93 bits per heavy atom. The highest BCUT2D eigenvalue weighted by Crippen LogP contribution is 2.18. The lowest BCUT2D eigenvalue weighted by Gasteiger charge is -2.37. The molecule has 0 radical (unpaired) electrons. The SMILES string of the molecule is CN=C(NCC(c1cccc(F)c1)N(C)C)N1CCN(C(=O)c2ccco2)CC1. The van der Waals surface area contributed by atoms with Crippen molar-refractivity contribution >= 4 is 11.9 Å². The van der Waals surface area contributed by atoms with Gasteiger partial charge in [-0.1, -0.05) is 12.1 Å². The first-order valence-electron chi connectivity index (χ1n) is 9.70. The van der Waals surface area contributed by atoms with Crippen LogP contribution in [0.15, 0.2) is 52.1 Å². The number of carbonyl (C=O) groups is 1. The molecular formula is C21H28FN5O2. The zero-order valence-electron chi connectivity index (χ0n) is 17.1. The number of hydrogen-bond acceptors (Lipinski definition) is 4. The third-order valence-corrected chi connectivity index (χ3v) is 5.12. The molecule has 1 amide bonds. The van der Waals surface area contributed by atoms with E-state index >= 15 is 0 Å². The number of likely N-dealkylation sites (N-methyl/N-ethyl adjacent to an activating group) is 1. The third kappa shape index (κ3) is 5.14. The predicted octanol–water partition coefficient (Wildman–Crippen LogP) is 2.05. The molecule has 0 aliphatic carbocycles. The molecule has 1 saturated heterocycles. The van der Waals surface area contributed by atoms with Gasteiger partial charge >= 0.3 is 0 Å². The molecule has 1 aromatic heterocycles. The van der Waals surface area contributed by atoms with E-state index in [0.717, 1.165) is 11.5 Å². The van der Waals surface area contributed by atoms with Crippen LogP contribution in [0.2, 0.25) is 0 Å². The van der Waals surface area contributed by atoms with Crippen molar-refractivity contribution in [2.24, 2.45) is 4.99 Å². The summed E-state index contributed by atoms with van der Waals surface area (Å²) in [4.78, 5) is 22.8. The van der Waals surface area contributed by atoms with Crippen molar-refractivity contribution in [2.45, 2.75) is 6.04 Å². The van der Waals surface area contributed by atoms with Gasteiger partial charge in [-0.15, -0.1) is 0 Å². The van der Waals surface area contributed by atoms with E-state index in [9.17, 15) is 9.18 Å². The number of furan rings is 1. The van der Waals surface area contributed by atoms with E-state index in [-0.39, 0.29) is 17.8 Å². The molecule has 0 bridgehead atoms. The van der Waals surface area contributed by atoms with E-state index in [1.807, 2.05) is 20.2 Å². The first-order chi connectivity index (χ1) is 14.0. The van der Waals surface area contributed by atoms with Crippen molar-refractivity contribution < 1.29 is 13.6 Å². The maximum Gasteiger partial charge on any atom is 0.289 e. The Labute approximate surface area is 170 Å². The van der Waals surface area contributed by atoms with Gasteiger partial charge in [-0.2, -0.15) is 0 Å². The van der Waals surface area contributed by atoms with Crippen molar-refractivity contribution in [1.82, 2.24) is 20.0 Å². The van der Waals surface area contributed by atoms with Crippen molar-refractivity contribution in [3.63, 3.8) is 0 Å². The monoisotopic (exact) mass is 401 g/mol. The Kier molecular flexibility index (Phi) is 6.87. The highest BCUT2D eigenvalue weighted by atomic mass is 19.1. The molecule has 0 spiro atoms. The summed E-state index contributed by atoms with van der Waals surface area (Å²) in [5.41, 5.74) is 0.909. The average molecular weight is 401 g/mol. The van der Waals surface area contributed by atoms with Crippen LogP contribution in [0.25, 0.3) is 0 Å². The fourth-order valence-electron chi connectivity index (χ4n) is 3.51. The van der Waals surface area contributed by atoms with E-state index in [4.69, 9.17) is 4.42 Å². The zero-order valence-corrected chi connectivity index (χ0v) is 17.1. The number of piperazine rings is 1. The van der Waals surface area contributed by atoms with Gasteiger partial charge in [0, 0.05) is 39.8 Å². The minimum atomic E-state index is -0.240. The number of carbonyl (C=O) groups excluding carboxylic acids is 1. The molecule has 1 fully saturated rings. The summed E-state index contributed by atoms with van der Waals surface area (Å²) in [6.45, 7) is 3.15. The van der Waals surface area contributed by atoms with Gasteiger partial charge in [0.15, 0.2) is 11.7 Å². The second kappa shape index (κ2) is 9.56. The minimum absolute atomic E-state index is 0.00395. The zero-order chi connectivity index (χ0) is 20.8. The fourth-order valence-corrected chi connectivity index (χ4v) is 3.51. The number of nitrogens with one attached hydrogen (secondary N) is 1. The normalized spacial score (nSPS) is 16.2. The summed E-state index contributed by atoms with van der Waals surface area (Å²) in [7, 11) is 5.69. The van der Waals surface area contributed by atoms with E-state index < -0.39 is 0 Å². The summed E-state index contributed by atoms with van der Waals surface area (Å²) in [5.74, 6) is 0.815. The van der Waals surface area contributed by atoms with Crippen molar-refractivity contribution in [2.75, 3.05) is 53.9 Å². The molecule has 1 atom stereocenters. The highest BCUT2D eigenvalue weighted by molar-refractivity contribution is 5.91. The van der Waals surface area contributed by atoms with Crippen LogP contribution in [0.5, 0.6) is 0 Å². The number of nitrogens with zero attached hydrogens (tertiary/aromatic N) is 4. The van der Waals surface area contributed by atoms with Gasteiger partial charge in [0.1, 0.15) is 5.82 Å². The second-order valence-electron chi connectivity index (χ2n) is 7.22. The van der Waals surface area contributed by atoms with E-state index in [2.05, 4.69) is 20.1 Å². The number of hydrogen-bond donors (Lipinski definition) is 1. The molecule has 1 aliphatic rings. The Hall–Kier alpha value is -2.87. The molecule has 1 unspecified atom stereocenters. The number of aliphatic imine (C=N–C) groups is 1. The van der Waals surface area contributed by atoms with Crippen LogP contribution in [-0.2, 0) is 0 Å². The topological polar surface area (TPSA) is 64.3 Å². The molecule has 3 rings (SSSR count). The van der Waals surface area contributed by atoms with Crippen LogP contribution in [0.1, 0.15) is 22.2 Å². The predicted molar refractivity (Wildman–Crippen MR) is 110 cm³/mol. The molecule has 2 aromatic rings. The summed E-state index contributed by atoms with van der Waals surface area (Å²) in [6, 6.07) is 10.1. The molecule has 2 heterocycles. The molecule has 1 aliphatic heterocycles. The lowest BCUT2D eigenvalue weighted by atomic mass is 10.1. The van der Waals surface area contributed by atoms with Crippen LogP contribution in [0, 0.1) is 5.82 Å². The summed E-state index contributed by atoms with van der Waals surface area (Å²) in [5, 5.41) is 3.40. The molecule has 29 heavy (non-hydrogen) atoms. The Morgan fingerprint density at radius 1 is 1.21 bits per heavy atom. The molecule has 1 N–H and O–H groups in total. The van der Waals surface area contributed by atoms with Gasteiger partial charge in [0.2, 0.25) is 0 Å². The van der Waals surface area contributed by atoms with Gasteiger partial charge in [-0.25, -0.2) is 4.39 Å². The van der Waals surface area contributed by atoms with Crippen LogP contribution >= 0.6 is 0 Å². The van der Waals surface area contributed by atoms with E-state index in [0.29, 0.717) is 38.5 Å². The summed E-state index contributed by atoms with van der Waals surface area (Å²) in [6.07, 6.45) is 1.51. The summed E-state index contributed by atoms with van der Waals surface area (Å²) >= 11 is 0. The van der Waals surface area contributed by atoms with Gasteiger partial charge < -0.3 is 24.4 Å². The minimum Gasteiger partial charge on any atom is -0.459 e. The van der Waals surface area contributed by atoms with Crippen LogP contribution < -0.4 is 5.32 Å². The number of amides is 1. The van der Waals surface area contributed by atoms with Crippen molar-refractivity contribution in [3.8, 4) is 0 Å². The Balaban J connectivity index is 1.57. The van der Waals surface area contributed by atoms with Gasteiger partial charge in [-0.3, -0.25) is 9.79 Å². The lowest BCUT2D eigenvalue weighted by molar-refractivity contribution is 0.0657. The van der Waals surface area contributed by atoms with Crippen LogP contribution in [-0.4, -0.2) is 80.4 Å². The van der Waals surface area contributed by atoms with Crippen molar-refractivity contribution in [1.29, 1.82) is 0 Å². The Morgan fingerprint density at radius 3 is 2.52 bits per heavy atom. The summed E-state index contributed by atoms with van der Waals surface area (Å²) < 4.78 is 18.9. The van der Waals surface area contributed by atoms with Gasteiger partial charge in [-0.05, 0) is 43.9 Å². The third-order valence-electron chi connectivity index (χ3n) is 5.12. The quantitative estimate of drug-likeness (QED) is 0.614. The molecule has 156 valence electrons. The lowest BCUT2D eigenvalue weighted by Crippen LogP contribution is -2.54. The standard InChI is InChI=1S/C21H28FN5O2/c1-23-21(24-15-18(25(2)3)16-6-4-7-17(22)14-16)27-11-9-26(10-12-27)20(28)19-8-5-13-29-19/h4-8,13-14,18H,9-12,15H2,1-3H3,(H,23,24). The maximum absolute atomic E-state index is 13.6. The number of rotatable bonds is 5. The average Bonchev–Trinajstić information content (AvgIpc) is 3.25. The number of benzene rings is 1. The molecular weight excluding hydrogens is 373 g/mol. The molecule has 8 heteroatoms. The van der Waals surface area contributed by atoms with Gasteiger partial charge in [0.25, 0.3) is 5.91 Å².